The van der Waals surface area contributed by atoms with Crippen LogP contribution in [0.2, 0.25) is 0 Å². The van der Waals surface area contributed by atoms with Gasteiger partial charge in [-0.05, 0) is 0 Å². The maximum atomic E-state index is 10.4. The summed E-state index contributed by atoms with van der Waals surface area (Å²) < 4.78 is 0. The average Bonchev–Trinajstić information content (AvgIpc) is 2.01. The number of hydroxylamine groups is 1. The van der Waals surface area contributed by atoms with Crippen LogP contribution in [0.15, 0.2) is 0 Å². The number of nitrogens with zero attached hydrogens (tertiary/aromatic N) is 2. The van der Waals surface area contributed by atoms with E-state index in [0.717, 1.165) is 0 Å². The van der Waals surface area contributed by atoms with Crippen LogP contribution >= 0.6 is 0 Å². The van der Waals surface area contributed by atoms with E-state index in [0.29, 0.717) is 6.21 Å². The van der Waals surface area contributed by atoms with Crippen molar-refractivity contribution in [1.82, 2.24) is 10.8 Å². The highest BCUT2D eigenvalue weighted by molar-refractivity contribution is 6.24. The molecule has 0 saturated carbocycles. The molecule has 0 fully saturated rings. The topological polar surface area (TPSA) is 115 Å². The molecular formula is C4H6N4O3. The molecule has 0 aromatic heterocycles. The van der Waals surface area contributed by atoms with E-state index >= 15 is 0 Å². The molecule has 0 radical (unpaired) electrons. The zero-order chi connectivity index (χ0) is 8.69. The van der Waals surface area contributed by atoms with Gasteiger partial charge < -0.3 is 10.8 Å². The third kappa shape index (κ3) is 4.76. The Bertz CT molecular complexity index is 207. The number of nitrogens with one attached hydrogen (secondary N) is 2. The van der Waals surface area contributed by atoms with Gasteiger partial charge in [0, 0.05) is 0 Å². The fourth-order valence-electron chi connectivity index (χ4n) is 0.305. The van der Waals surface area contributed by atoms with Crippen molar-refractivity contribution in [2.75, 3.05) is 6.54 Å². The zero-order valence-electron chi connectivity index (χ0n) is 5.44. The van der Waals surface area contributed by atoms with Crippen LogP contribution < -0.4 is 10.8 Å². The fourth-order valence-corrected chi connectivity index (χ4v) is 0.305. The molecule has 0 rings (SSSR count). The summed E-state index contributed by atoms with van der Waals surface area (Å²) in [6.45, 7) is -0.374. The van der Waals surface area contributed by atoms with Gasteiger partial charge in [-0.25, -0.2) is 5.48 Å². The molecule has 7 heteroatoms. The van der Waals surface area contributed by atoms with Crippen molar-refractivity contribution < 1.29 is 19.6 Å². The molecule has 0 atom stereocenters. The minimum Gasteiger partial charge on any atom is -0.361 e. The van der Waals surface area contributed by atoms with Crippen molar-refractivity contribution in [2.24, 2.45) is 0 Å². The maximum absolute atomic E-state index is 10.4. The Morgan fingerprint density at radius 3 is 2.73 bits per heavy atom. The highest BCUT2D eigenvalue weighted by atomic mass is 16.5. The standard InChI is InChI=1S/C4H6N4O3/c5-7-2-3(9)6-1-4(10)8-11/h2,11H,1H2,(H,6,9)(H,8,10). The third-order valence-corrected chi connectivity index (χ3v) is 0.723. The minimum atomic E-state index is -0.760. The van der Waals surface area contributed by atoms with Gasteiger partial charge in [-0.15, -0.1) is 0 Å². The summed E-state index contributed by atoms with van der Waals surface area (Å²) in [7, 11) is 0. The van der Waals surface area contributed by atoms with E-state index < -0.39 is 11.8 Å². The number of hydrogen-bond acceptors (Lipinski definition) is 3. The molecule has 2 amide bonds. The second-order valence-electron chi connectivity index (χ2n) is 1.50. The van der Waals surface area contributed by atoms with Crippen molar-refractivity contribution in [3.05, 3.63) is 5.53 Å². The highest BCUT2D eigenvalue weighted by Crippen LogP contribution is 1.60. The average molecular weight is 158 g/mol. The molecule has 0 aromatic carbocycles. The van der Waals surface area contributed by atoms with E-state index in [4.69, 9.17) is 10.7 Å². The first-order valence-electron chi connectivity index (χ1n) is 2.59. The van der Waals surface area contributed by atoms with E-state index in [9.17, 15) is 9.59 Å². The summed E-state index contributed by atoms with van der Waals surface area (Å²) >= 11 is 0. The van der Waals surface area contributed by atoms with E-state index in [1.165, 1.54) is 5.48 Å². The molecule has 0 aromatic rings. The van der Waals surface area contributed by atoms with E-state index in [-0.39, 0.29) is 6.54 Å². The van der Waals surface area contributed by atoms with Gasteiger partial charge in [0.2, 0.25) is 0 Å². The lowest BCUT2D eigenvalue weighted by molar-refractivity contribution is -0.130. The molecule has 3 N–H and O–H groups in total. The highest BCUT2D eigenvalue weighted by Gasteiger charge is 2.03. The Morgan fingerprint density at radius 2 is 2.27 bits per heavy atom. The molecule has 0 aliphatic heterocycles. The van der Waals surface area contributed by atoms with Crippen molar-refractivity contribution >= 4 is 18.0 Å². The summed E-state index contributed by atoms with van der Waals surface area (Å²) in [6.07, 6.45) is 0.588. The van der Waals surface area contributed by atoms with Gasteiger partial charge in [0.05, 0.1) is 6.54 Å². The first-order chi connectivity index (χ1) is 5.20. The first kappa shape index (κ1) is 9.28. The monoisotopic (exact) mass is 158 g/mol. The Labute approximate surface area is 61.6 Å². The number of rotatable bonds is 3. The van der Waals surface area contributed by atoms with Crippen LogP contribution in [0.3, 0.4) is 0 Å². The molecule has 0 saturated heterocycles. The molecule has 0 aliphatic carbocycles. The van der Waals surface area contributed by atoms with Crippen LogP contribution in [-0.2, 0) is 9.59 Å². The second-order valence-corrected chi connectivity index (χ2v) is 1.50. The third-order valence-electron chi connectivity index (χ3n) is 0.723. The maximum Gasteiger partial charge on any atom is 0.344 e. The summed E-state index contributed by atoms with van der Waals surface area (Å²) in [5.41, 5.74) is 9.12. The summed E-state index contributed by atoms with van der Waals surface area (Å²) in [4.78, 5) is 23.0. The summed E-state index contributed by atoms with van der Waals surface area (Å²) in [5.74, 6) is -1.49. The van der Waals surface area contributed by atoms with Gasteiger partial charge in [-0.1, -0.05) is 0 Å². The SMILES string of the molecule is [N-]=[N+]=CC(=O)NCC(=O)NO. The molecule has 0 heterocycles. The lowest BCUT2D eigenvalue weighted by Gasteiger charge is -1.95. The molecular weight excluding hydrogens is 152 g/mol. The second kappa shape index (κ2) is 5.10. The quantitative estimate of drug-likeness (QED) is 0.144. The van der Waals surface area contributed by atoms with E-state index in [2.05, 4.69) is 4.79 Å². The number of carbonyl (C=O) groups excluding carboxylic acids is 2. The molecule has 60 valence electrons. The Balaban J connectivity index is 3.62. The van der Waals surface area contributed by atoms with Gasteiger partial charge in [-0.2, -0.15) is 4.79 Å². The molecule has 0 bridgehead atoms. The molecule has 0 unspecified atom stereocenters. The molecule has 0 spiro atoms. The Kier molecular flexibility index (Phi) is 4.30. The van der Waals surface area contributed by atoms with Gasteiger partial charge >= 0.3 is 12.1 Å². The first-order valence-corrected chi connectivity index (χ1v) is 2.59. The van der Waals surface area contributed by atoms with Crippen LogP contribution in [0.5, 0.6) is 0 Å². The largest absolute Gasteiger partial charge is 0.361 e. The Morgan fingerprint density at radius 1 is 1.64 bits per heavy atom. The number of hydrogen-bond donors (Lipinski definition) is 3. The molecule has 0 aliphatic rings. The van der Waals surface area contributed by atoms with Crippen LogP contribution in [-0.4, -0.2) is 34.6 Å². The predicted octanol–water partition coefficient (Wildman–Crippen LogP) is -2.09. The van der Waals surface area contributed by atoms with Crippen molar-refractivity contribution in [3.63, 3.8) is 0 Å². The minimum absolute atomic E-state index is 0.374. The van der Waals surface area contributed by atoms with Crippen LogP contribution in [0.4, 0.5) is 0 Å². The number of amides is 2. The zero-order valence-corrected chi connectivity index (χ0v) is 5.44. The summed E-state index contributed by atoms with van der Waals surface area (Å²) in [5, 5.41) is 9.96. The summed E-state index contributed by atoms with van der Waals surface area (Å²) in [6, 6.07) is 0. The molecule has 7 nitrogen and oxygen atoms in total. The van der Waals surface area contributed by atoms with Gasteiger partial charge in [0.15, 0.2) is 0 Å². The normalized spacial score (nSPS) is 7.73. The predicted molar refractivity (Wildman–Crippen MR) is 32.6 cm³/mol. The van der Waals surface area contributed by atoms with Crippen molar-refractivity contribution in [2.45, 2.75) is 0 Å². The Hall–Kier alpha value is -1.72. The fraction of sp³-hybridized carbons (Fsp3) is 0.250. The lowest BCUT2D eigenvalue weighted by atomic mass is 10.5. The van der Waals surface area contributed by atoms with Crippen molar-refractivity contribution in [3.8, 4) is 0 Å². The van der Waals surface area contributed by atoms with Gasteiger partial charge in [0.1, 0.15) is 0 Å². The van der Waals surface area contributed by atoms with Gasteiger partial charge in [-0.3, -0.25) is 14.8 Å². The molecule has 11 heavy (non-hydrogen) atoms. The van der Waals surface area contributed by atoms with Gasteiger partial charge in [0.25, 0.3) is 5.91 Å². The van der Waals surface area contributed by atoms with Crippen LogP contribution in [0.1, 0.15) is 0 Å². The van der Waals surface area contributed by atoms with Crippen molar-refractivity contribution in [1.29, 1.82) is 0 Å². The van der Waals surface area contributed by atoms with Crippen LogP contribution in [0, 0.1) is 0 Å². The smallest absolute Gasteiger partial charge is 0.344 e. The number of carbonyl (C=O) groups is 2. The van der Waals surface area contributed by atoms with Crippen LogP contribution in [0.25, 0.3) is 5.53 Å². The van der Waals surface area contributed by atoms with E-state index in [1.54, 1.807) is 0 Å². The van der Waals surface area contributed by atoms with E-state index in [1.807, 2.05) is 5.32 Å². The lowest BCUT2D eigenvalue weighted by Crippen LogP contribution is -2.35.